The Morgan fingerprint density at radius 2 is 1.79 bits per heavy atom. The minimum atomic E-state index is -0.686. The summed E-state index contributed by atoms with van der Waals surface area (Å²) in [6.07, 6.45) is 0. The van der Waals surface area contributed by atoms with Gasteiger partial charge in [-0.15, -0.1) is 0 Å². The van der Waals surface area contributed by atoms with Crippen LogP contribution in [0.2, 0.25) is 0 Å². The molecule has 2 aromatic carbocycles. The molecule has 3 rings (SSSR count). The number of nitrogens with one attached hydrogen (secondary N) is 2. The van der Waals surface area contributed by atoms with Crippen LogP contribution in [0.5, 0.6) is 0 Å². The van der Waals surface area contributed by atoms with Gasteiger partial charge in [0.25, 0.3) is 11.6 Å². The van der Waals surface area contributed by atoms with Gasteiger partial charge in [0.1, 0.15) is 5.82 Å². The van der Waals surface area contributed by atoms with E-state index in [0.717, 1.165) is 0 Å². The quantitative estimate of drug-likeness (QED) is 0.351. The van der Waals surface area contributed by atoms with Crippen molar-refractivity contribution in [2.45, 2.75) is 0 Å². The predicted molar refractivity (Wildman–Crippen MR) is 97.5 cm³/mol. The third-order valence-corrected chi connectivity index (χ3v) is 3.75. The molecule has 0 atom stereocenters. The van der Waals surface area contributed by atoms with Gasteiger partial charge in [-0.25, -0.2) is 4.39 Å². The van der Waals surface area contributed by atoms with E-state index in [2.05, 4.69) is 20.8 Å². The second-order valence-electron chi connectivity index (χ2n) is 5.72. The first-order valence-corrected chi connectivity index (χ1v) is 8.35. The standard InChI is InChI=1S/C18H14FN5O5/c19-14-7-2-1-6-13(14)16(25)20-8-9-21-17(26)18-22-15(23-29-18)11-4-3-5-12(10-11)24(27)28/h1-7,10H,8-9H2,(H,20,25)(H,21,26). The lowest BCUT2D eigenvalue weighted by Gasteiger charge is -2.06. The van der Waals surface area contributed by atoms with Crippen LogP contribution in [0, 0.1) is 15.9 Å². The summed E-state index contributed by atoms with van der Waals surface area (Å²) in [6, 6.07) is 11.1. The molecule has 0 saturated carbocycles. The van der Waals surface area contributed by atoms with E-state index in [-0.39, 0.29) is 36.1 Å². The number of rotatable bonds is 7. The molecule has 1 aromatic heterocycles. The average molecular weight is 399 g/mol. The molecule has 11 heteroatoms. The highest BCUT2D eigenvalue weighted by Crippen LogP contribution is 2.21. The van der Waals surface area contributed by atoms with E-state index < -0.39 is 22.6 Å². The monoisotopic (exact) mass is 399 g/mol. The number of nitro groups is 1. The summed E-state index contributed by atoms with van der Waals surface area (Å²) in [6.45, 7) is 0.0817. The van der Waals surface area contributed by atoms with Crippen LogP contribution in [0.3, 0.4) is 0 Å². The van der Waals surface area contributed by atoms with Crippen molar-refractivity contribution in [1.29, 1.82) is 0 Å². The Hall–Kier alpha value is -4.15. The van der Waals surface area contributed by atoms with E-state index >= 15 is 0 Å². The molecule has 0 saturated heterocycles. The SMILES string of the molecule is O=C(NCCNC(=O)c1ccccc1F)c1nc(-c2cccc([N+](=O)[O-])c2)no1. The maximum Gasteiger partial charge on any atom is 0.316 e. The number of nitro benzene ring substituents is 1. The molecule has 10 nitrogen and oxygen atoms in total. The maximum absolute atomic E-state index is 13.5. The molecule has 0 aliphatic rings. The van der Waals surface area contributed by atoms with E-state index in [1.165, 1.54) is 48.5 Å². The number of halogens is 1. The van der Waals surface area contributed by atoms with Crippen LogP contribution in [-0.4, -0.2) is 40.0 Å². The fourth-order valence-corrected chi connectivity index (χ4v) is 2.36. The van der Waals surface area contributed by atoms with Crippen molar-refractivity contribution < 1.29 is 23.4 Å². The minimum Gasteiger partial charge on any atom is -0.350 e. The largest absolute Gasteiger partial charge is 0.350 e. The van der Waals surface area contributed by atoms with Crippen molar-refractivity contribution in [2.24, 2.45) is 0 Å². The topological polar surface area (TPSA) is 140 Å². The fraction of sp³-hybridized carbons (Fsp3) is 0.111. The lowest BCUT2D eigenvalue weighted by atomic mass is 10.2. The number of amides is 2. The lowest BCUT2D eigenvalue weighted by Crippen LogP contribution is -2.35. The molecule has 3 aromatic rings. The highest BCUT2D eigenvalue weighted by atomic mass is 19.1. The van der Waals surface area contributed by atoms with E-state index in [1.807, 2.05) is 0 Å². The Labute approximate surface area is 162 Å². The van der Waals surface area contributed by atoms with Crippen molar-refractivity contribution in [2.75, 3.05) is 13.1 Å². The normalized spacial score (nSPS) is 10.4. The first-order chi connectivity index (χ1) is 14.0. The van der Waals surface area contributed by atoms with Crippen LogP contribution >= 0.6 is 0 Å². The first kappa shape index (κ1) is 19.6. The van der Waals surface area contributed by atoms with Gasteiger partial charge >= 0.3 is 11.8 Å². The molecule has 1 heterocycles. The maximum atomic E-state index is 13.5. The summed E-state index contributed by atoms with van der Waals surface area (Å²) in [4.78, 5) is 38.1. The minimum absolute atomic E-state index is 0.0201. The van der Waals surface area contributed by atoms with Crippen molar-refractivity contribution in [3.05, 3.63) is 75.9 Å². The molecule has 2 amide bonds. The number of hydrogen-bond donors (Lipinski definition) is 2. The van der Waals surface area contributed by atoms with Gasteiger partial charge in [0.15, 0.2) is 0 Å². The highest BCUT2D eigenvalue weighted by Gasteiger charge is 2.17. The lowest BCUT2D eigenvalue weighted by molar-refractivity contribution is -0.384. The fourth-order valence-electron chi connectivity index (χ4n) is 2.36. The Morgan fingerprint density at radius 1 is 1.07 bits per heavy atom. The van der Waals surface area contributed by atoms with Crippen LogP contribution < -0.4 is 10.6 Å². The summed E-state index contributed by atoms with van der Waals surface area (Å²) >= 11 is 0. The molecular formula is C18H14FN5O5. The molecule has 0 bridgehead atoms. The Morgan fingerprint density at radius 3 is 2.52 bits per heavy atom. The summed E-state index contributed by atoms with van der Waals surface area (Å²) < 4.78 is 18.4. The van der Waals surface area contributed by atoms with E-state index in [4.69, 9.17) is 4.52 Å². The molecule has 0 aliphatic carbocycles. The molecule has 0 spiro atoms. The van der Waals surface area contributed by atoms with Crippen LogP contribution in [0.25, 0.3) is 11.4 Å². The zero-order chi connectivity index (χ0) is 20.8. The number of nitrogens with zero attached hydrogens (tertiary/aromatic N) is 3. The van der Waals surface area contributed by atoms with Gasteiger partial charge in [0, 0.05) is 30.8 Å². The van der Waals surface area contributed by atoms with Crippen molar-refractivity contribution in [3.8, 4) is 11.4 Å². The Bertz CT molecular complexity index is 1070. The van der Waals surface area contributed by atoms with Crippen LogP contribution in [0.1, 0.15) is 21.0 Å². The number of aromatic nitrogens is 2. The van der Waals surface area contributed by atoms with Crippen LogP contribution in [-0.2, 0) is 0 Å². The average Bonchev–Trinajstić information content (AvgIpc) is 3.22. The molecule has 0 aliphatic heterocycles. The van der Waals surface area contributed by atoms with Gasteiger partial charge in [0.05, 0.1) is 10.5 Å². The summed E-state index contributed by atoms with van der Waals surface area (Å²) in [5.74, 6) is -2.26. The van der Waals surface area contributed by atoms with Crippen molar-refractivity contribution in [3.63, 3.8) is 0 Å². The predicted octanol–water partition coefficient (Wildman–Crippen LogP) is 1.94. The van der Waals surface area contributed by atoms with E-state index in [0.29, 0.717) is 5.56 Å². The molecule has 0 radical (unpaired) electrons. The van der Waals surface area contributed by atoms with Gasteiger partial charge < -0.3 is 15.2 Å². The molecule has 0 fully saturated rings. The van der Waals surface area contributed by atoms with Gasteiger partial charge in [-0.2, -0.15) is 4.98 Å². The third kappa shape index (κ3) is 4.77. The zero-order valence-electron chi connectivity index (χ0n) is 14.8. The molecule has 0 unspecified atom stereocenters. The van der Waals surface area contributed by atoms with Crippen LogP contribution in [0.4, 0.5) is 10.1 Å². The smallest absolute Gasteiger partial charge is 0.316 e. The van der Waals surface area contributed by atoms with Gasteiger partial charge in [0.2, 0.25) is 5.82 Å². The Balaban J connectivity index is 1.53. The van der Waals surface area contributed by atoms with E-state index in [1.54, 1.807) is 0 Å². The zero-order valence-corrected chi connectivity index (χ0v) is 14.8. The number of hydrogen-bond acceptors (Lipinski definition) is 7. The van der Waals surface area contributed by atoms with Gasteiger partial charge in [-0.1, -0.05) is 29.4 Å². The van der Waals surface area contributed by atoms with Crippen molar-refractivity contribution in [1.82, 2.24) is 20.8 Å². The summed E-state index contributed by atoms with van der Waals surface area (Å²) in [7, 11) is 0. The first-order valence-electron chi connectivity index (χ1n) is 8.35. The number of non-ortho nitro benzene ring substituents is 1. The molecule has 29 heavy (non-hydrogen) atoms. The van der Waals surface area contributed by atoms with Gasteiger partial charge in [-0.05, 0) is 12.1 Å². The molecule has 148 valence electrons. The number of carbonyl (C=O) groups is 2. The highest BCUT2D eigenvalue weighted by molar-refractivity contribution is 5.94. The second-order valence-corrected chi connectivity index (χ2v) is 5.72. The Kier molecular flexibility index (Phi) is 5.88. The van der Waals surface area contributed by atoms with Crippen molar-refractivity contribution >= 4 is 17.5 Å². The van der Waals surface area contributed by atoms with Crippen LogP contribution in [0.15, 0.2) is 53.1 Å². The van der Waals surface area contributed by atoms with E-state index in [9.17, 15) is 24.1 Å². The summed E-state index contributed by atoms with van der Waals surface area (Å²) in [5, 5.41) is 19.4. The second kappa shape index (κ2) is 8.69. The van der Waals surface area contributed by atoms with Gasteiger partial charge in [-0.3, -0.25) is 19.7 Å². The number of benzene rings is 2. The number of carbonyl (C=O) groups excluding carboxylic acids is 2. The molecular weight excluding hydrogens is 385 g/mol. The summed E-state index contributed by atoms with van der Waals surface area (Å²) in [5.41, 5.74) is 0.0698. The third-order valence-electron chi connectivity index (χ3n) is 3.75. The molecule has 2 N–H and O–H groups in total.